The molecule has 0 saturated heterocycles. The van der Waals surface area contributed by atoms with Crippen molar-refractivity contribution >= 4 is 6.03 Å². The largest absolute Gasteiger partial charge is 0.396 e. The first kappa shape index (κ1) is 20.9. The Hall–Kier alpha value is -2.40. The standard InChI is InChI=1S/C22H29FN2O2/c1-4-21(19-9-6-16(2)17(3)14-19)24-22(27)25(12-5-13-26)15-18-7-10-20(23)11-8-18/h6-11,14,21,26H,4-5,12-13,15H2,1-3H3,(H,24,27). The Morgan fingerprint density at radius 1 is 1.15 bits per heavy atom. The van der Waals surface area contributed by atoms with Crippen LogP contribution in [0.15, 0.2) is 42.5 Å². The molecule has 27 heavy (non-hydrogen) atoms. The Labute approximate surface area is 161 Å². The molecule has 0 aliphatic heterocycles. The molecule has 2 rings (SSSR count). The maximum atomic E-state index is 13.1. The topological polar surface area (TPSA) is 52.6 Å². The van der Waals surface area contributed by atoms with E-state index in [0.717, 1.165) is 17.5 Å². The second kappa shape index (κ2) is 10.1. The predicted octanol–water partition coefficient (Wildman–Crippen LogP) is 4.49. The molecule has 1 atom stereocenters. The summed E-state index contributed by atoms with van der Waals surface area (Å²) in [5, 5.41) is 12.3. The molecule has 2 aromatic rings. The zero-order valence-corrected chi connectivity index (χ0v) is 16.3. The lowest BCUT2D eigenvalue weighted by Gasteiger charge is -2.27. The van der Waals surface area contributed by atoms with Gasteiger partial charge < -0.3 is 15.3 Å². The first-order chi connectivity index (χ1) is 12.9. The Morgan fingerprint density at radius 2 is 1.85 bits per heavy atom. The van der Waals surface area contributed by atoms with E-state index in [1.54, 1.807) is 17.0 Å². The molecule has 2 N–H and O–H groups in total. The van der Waals surface area contributed by atoms with Gasteiger partial charge in [0.05, 0.1) is 6.04 Å². The fourth-order valence-corrected chi connectivity index (χ4v) is 2.97. The van der Waals surface area contributed by atoms with Crippen LogP contribution in [0.1, 0.15) is 48.1 Å². The van der Waals surface area contributed by atoms with E-state index >= 15 is 0 Å². The van der Waals surface area contributed by atoms with Crippen molar-refractivity contribution in [3.63, 3.8) is 0 Å². The number of urea groups is 1. The molecule has 0 bridgehead atoms. The third-order valence-electron chi connectivity index (χ3n) is 4.80. The first-order valence-electron chi connectivity index (χ1n) is 9.42. The molecule has 2 amide bonds. The fraction of sp³-hybridized carbons (Fsp3) is 0.409. The van der Waals surface area contributed by atoms with E-state index in [9.17, 15) is 9.18 Å². The molecule has 1 unspecified atom stereocenters. The molecule has 5 heteroatoms. The minimum Gasteiger partial charge on any atom is -0.396 e. The number of amides is 2. The van der Waals surface area contributed by atoms with Crippen LogP contribution < -0.4 is 5.32 Å². The summed E-state index contributed by atoms with van der Waals surface area (Å²) in [7, 11) is 0. The zero-order valence-electron chi connectivity index (χ0n) is 16.3. The Balaban J connectivity index is 2.12. The maximum absolute atomic E-state index is 13.1. The summed E-state index contributed by atoms with van der Waals surface area (Å²) in [5.41, 5.74) is 4.35. The van der Waals surface area contributed by atoms with Gasteiger partial charge in [0.25, 0.3) is 0 Å². The van der Waals surface area contributed by atoms with Crippen LogP contribution in [0.4, 0.5) is 9.18 Å². The third kappa shape index (κ3) is 6.07. The fourth-order valence-electron chi connectivity index (χ4n) is 2.97. The van der Waals surface area contributed by atoms with Crippen molar-refractivity contribution in [1.29, 1.82) is 0 Å². The summed E-state index contributed by atoms with van der Waals surface area (Å²) >= 11 is 0. The van der Waals surface area contributed by atoms with Crippen LogP contribution in [0.2, 0.25) is 0 Å². The van der Waals surface area contributed by atoms with Gasteiger partial charge >= 0.3 is 6.03 Å². The predicted molar refractivity (Wildman–Crippen MR) is 106 cm³/mol. The number of halogens is 1. The van der Waals surface area contributed by atoms with Crippen molar-refractivity contribution < 1.29 is 14.3 Å². The highest BCUT2D eigenvalue weighted by molar-refractivity contribution is 5.74. The second-order valence-electron chi connectivity index (χ2n) is 6.88. The highest BCUT2D eigenvalue weighted by Crippen LogP contribution is 2.20. The van der Waals surface area contributed by atoms with Crippen LogP contribution >= 0.6 is 0 Å². The van der Waals surface area contributed by atoms with E-state index in [2.05, 4.69) is 37.4 Å². The summed E-state index contributed by atoms with van der Waals surface area (Å²) in [6, 6.07) is 12.1. The van der Waals surface area contributed by atoms with Crippen LogP contribution in [-0.2, 0) is 6.54 Å². The van der Waals surface area contributed by atoms with Crippen LogP contribution in [-0.4, -0.2) is 29.2 Å². The van der Waals surface area contributed by atoms with Gasteiger partial charge in [-0.3, -0.25) is 0 Å². The minimum absolute atomic E-state index is 0.0154. The molecular formula is C22H29FN2O2. The van der Waals surface area contributed by atoms with Gasteiger partial charge in [-0.15, -0.1) is 0 Å². The molecule has 0 saturated carbocycles. The lowest BCUT2D eigenvalue weighted by molar-refractivity contribution is 0.182. The van der Waals surface area contributed by atoms with E-state index in [1.807, 2.05) is 6.92 Å². The second-order valence-corrected chi connectivity index (χ2v) is 6.88. The molecule has 4 nitrogen and oxygen atoms in total. The van der Waals surface area contributed by atoms with Gasteiger partial charge in [0, 0.05) is 19.7 Å². The van der Waals surface area contributed by atoms with Crippen molar-refractivity contribution in [2.45, 2.75) is 46.2 Å². The Bertz CT molecular complexity index is 746. The monoisotopic (exact) mass is 372 g/mol. The average Bonchev–Trinajstić information content (AvgIpc) is 2.66. The molecule has 2 aromatic carbocycles. The Morgan fingerprint density at radius 3 is 2.44 bits per heavy atom. The summed E-state index contributed by atoms with van der Waals surface area (Å²) in [6.07, 6.45) is 1.27. The van der Waals surface area contributed by atoms with Gasteiger partial charge in [-0.1, -0.05) is 37.3 Å². The van der Waals surface area contributed by atoms with E-state index in [4.69, 9.17) is 5.11 Å². The lowest BCUT2D eigenvalue weighted by Crippen LogP contribution is -2.42. The molecule has 0 radical (unpaired) electrons. The zero-order chi connectivity index (χ0) is 19.8. The van der Waals surface area contributed by atoms with Crippen molar-refractivity contribution in [3.05, 3.63) is 70.5 Å². The number of aliphatic hydroxyl groups excluding tert-OH is 1. The van der Waals surface area contributed by atoms with Crippen molar-refractivity contribution in [3.8, 4) is 0 Å². The molecule has 0 spiro atoms. The number of nitrogens with zero attached hydrogens (tertiary/aromatic N) is 1. The van der Waals surface area contributed by atoms with Crippen LogP contribution in [0.5, 0.6) is 0 Å². The average molecular weight is 372 g/mol. The number of hydrogen-bond donors (Lipinski definition) is 2. The number of rotatable bonds is 8. The SMILES string of the molecule is CCC(NC(=O)N(CCCO)Cc1ccc(F)cc1)c1ccc(C)c(C)c1. The van der Waals surface area contributed by atoms with Crippen molar-refractivity contribution in [2.24, 2.45) is 0 Å². The summed E-state index contributed by atoms with van der Waals surface area (Å²) in [6.45, 7) is 6.99. The number of aryl methyl sites for hydroxylation is 2. The van der Waals surface area contributed by atoms with Crippen LogP contribution in [0.25, 0.3) is 0 Å². The van der Waals surface area contributed by atoms with Crippen molar-refractivity contribution in [2.75, 3.05) is 13.2 Å². The number of hydrogen-bond acceptors (Lipinski definition) is 2. The van der Waals surface area contributed by atoms with Gasteiger partial charge in [0.15, 0.2) is 0 Å². The van der Waals surface area contributed by atoms with Gasteiger partial charge in [-0.05, 0) is 61.1 Å². The maximum Gasteiger partial charge on any atom is 0.318 e. The molecule has 0 heterocycles. The lowest BCUT2D eigenvalue weighted by atomic mass is 9.99. The highest BCUT2D eigenvalue weighted by atomic mass is 19.1. The molecular weight excluding hydrogens is 343 g/mol. The first-order valence-corrected chi connectivity index (χ1v) is 9.42. The van der Waals surface area contributed by atoms with Gasteiger partial charge in [0.1, 0.15) is 5.82 Å². The third-order valence-corrected chi connectivity index (χ3v) is 4.80. The van der Waals surface area contributed by atoms with Crippen molar-refractivity contribution in [1.82, 2.24) is 10.2 Å². The molecule has 146 valence electrons. The van der Waals surface area contributed by atoms with E-state index in [0.29, 0.717) is 19.5 Å². The number of carbonyl (C=O) groups is 1. The normalized spacial score (nSPS) is 11.9. The number of nitrogens with one attached hydrogen (secondary N) is 1. The summed E-state index contributed by atoms with van der Waals surface area (Å²) in [4.78, 5) is 14.5. The number of benzene rings is 2. The molecule has 0 aromatic heterocycles. The summed E-state index contributed by atoms with van der Waals surface area (Å²) in [5.74, 6) is -0.300. The molecule has 0 aliphatic rings. The molecule has 0 aliphatic carbocycles. The smallest absolute Gasteiger partial charge is 0.318 e. The van der Waals surface area contributed by atoms with Crippen LogP contribution in [0, 0.1) is 19.7 Å². The van der Waals surface area contributed by atoms with E-state index < -0.39 is 0 Å². The molecule has 0 fully saturated rings. The van der Waals surface area contributed by atoms with Crippen LogP contribution in [0.3, 0.4) is 0 Å². The number of aliphatic hydroxyl groups is 1. The number of carbonyl (C=O) groups excluding carboxylic acids is 1. The van der Waals surface area contributed by atoms with E-state index in [-0.39, 0.29) is 24.5 Å². The van der Waals surface area contributed by atoms with Gasteiger partial charge in [-0.2, -0.15) is 0 Å². The van der Waals surface area contributed by atoms with Gasteiger partial charge in [0.2, 0.25) is 0 Å². The highest BCUT2D eigenvalue weighted by Gasteiger charge is 2.19. The quantitative estimate of drug-likeness (QED) is 0.717. The summed E-state index contributed by atoms with van der Waals surface area (Å²) < 4.78 is 13.1. The minimum atomic E-state index is -0.300. The van der Waals surface area contributed by atoms with Gasteiger partial charge in [-0.25, -0.2) is 9.18 Å². The van der Waals surface area contributed by atoms with E-state index in [1.165, 1.54) is 23.3 Å². The Kier molecular flexibility index (Phi) is 7.80.